The first-order chi connectivity index (χ1) is 17.1. The van der Waals surface area contributed by atoms with Gasteiger partial charge in [0.2, 0.25) is 5.88 Å². The molecule has 2 aromatic heterocycles. The van der Waals surface area contributed by atoms with E-state index in [-0.39, 0.29) is 6.10 Å². The zero-order chi connectivity index (χ0) is 24.5. The molecule has 0 unspecified atom stereocenters. The van der Waals surface area contributed by atoms with Gasteiger partial charge in [0, 0.05) is 37.1 Å². The molecule has 3 N–H and O–H groups in total. The van der Waals surface area contributed by atoms with Crippen LogP contribution in [-0.2, 0) is 13.5 Å². The van der Waals surface area contributed by atoms with Gasteiger partial charge in [-0.2, -0.15) is 5.10 Å². The molecule has 2 aromatic carbocycles. The third-order valence-electron chi connectivity index (χ3n) is 5.52. The summed E-state index contributed by atoms with van der Waals surface area (Å²) in [6.45, 7) is 2.18. The fourth-order valence-electron chi connectivity index (χ4n) is 3.63. The lowest BCUT2D eigenvalue weighted by Crippen LogP contribution is -2.40. The van der Waals surface area contributed by atoms with Gasteiger partial charge >= 0.3 is 5.97 Å². The van der Waals surface area contributed by atoms with Crippen molar-refractivity contribution in [1.82, 2.24) is 20.1 Å². The standard InChI is InChI=1S/C21H23N5O3.C6H6/c1-26-13-17(10-25-26)16-8-19-20(24-9-16)29-18(12-23-19)11-22-7-6-14-2-4-15(5-3-14)21(27)28;1-2-4-6-5-3-1/h2-5,8-10,13,18,22-23H,6-7,11-12H2,1H3,(H,27,28);1-6H/t18-;/m1./s1. The van der Waals surface area contributed by atoms with Crippen LogP contribution in [0.1, 0.15) is 15.9 Å². The molecule has 0 amide bonds. The fraction of sp³-hybridized carbons (Fsp3) is 0.222. The molecule has 35 heavy (non-hydrogen) atoms. The van der Waals surface area contributed by atoms with Gasteiger partial charge in [0.15, 0.2) is 0 Å². The van der Waals surface area contributed by atoms with Crippen LogP contribution >= 0.6 is 0 Å². The molecule has 0 bridgehead atoms. The molecular weight excluding hydrogens is 442 g/mol. The summed E-state index contributed by atoms with van der Waals surface area (Å²) >= 11 is 0. The Bertz CT molecular complexity index is 1200. The van der Waals surface area contributed by atoms with Crippen LogP contribution in [0.3, 0.4) is 0 Å². The highest BCUT2D eigenvalue weighted by Crippen LogP contribution is 2.30. The number of ether oxygens (including phenoxy) is 1. The van der Waals surface area contributed by atoms with Crippen molar-refractivity contribution in [2.45, 2.75) is 12.5 Å². The SMILES string of the molecule is Cn1cc(-c2cnc3c(c2)NC[C@@H](CNCCc2ccc(C(=O)O)cc2)O3)cn1.c1ccccc1. The van der Waals surface area contributed by atoms with Crippen molar-refractivity contribution in [1.29, 1.82) is 0 Å². The molecular formula is C27H29N5O3. The summed E-state index contributed by atoms with van der Waals surface area (Å²) in [6.07, 6.45) is 6.38. The molecule has 0 aliphatic carbocycles. The number of carboxylic acids is 1. The molecule has 1 atom stereocenters. The summed E-state index contributed by atoms with van der Waals surface area (Å²) in [5, 5.41) is 19.9. The number of rotatable bonds is 7. The van der Waals surface area contributed by atoms with Crippen LogP contribution in [0.4, 0.5) is 5.69 Å². The summed E-state index contributed by atoms with van der Waals surface area (Å²) in [5.41, 5.74) is 4.31. The fourth-order valence-corrected chi connectivity index (χ4v) is 3.63. The number of nitrogens with zero attached hydrogens (tertiary/aromatic N) is 3. The first-order valence-electron chi connectivity index (χ1n) is 11.5. The average molecular weight is 472 g/mol. The van der Waals surface area contributed by atoms with Crippen LogP contribution < -0.4 is 15.4 Å². The molecule has 5 rings (SSSR count). The van der Waals surface area contributed by atoms with Gasteiger partial charge in [-0.25, -0.2) is 9.78 Å². The number of carboxylic acid groups (broad SMARTS) is 1. The van der Waals surface area contributed by atoms with Crippen LogP contribution in [0.5, 0.6) is 5.88 Å². The zero-order valence-electron chi connectivity index (χ0n) is 19.6. The molecule has 3 heterocycles. The molecule has 4 aromatic rings. The summed E-state index contributed by atoms with van der Waals surface area (Å²) in [7, 11) is 1.89. The van der Waals surface area contributed by atoms with E-state index < -0.39 is 5.97 Å². The molecule has 0 radical (unpaired) electrons. The van der Waals surface area contributed by atoms with Crippen LogP contribution in [0.2, 0.25) is 0 Å². The first-order valence-corrected chi connectivity index (χ1v) is 11.5. The normalized spacial score (nSPS) is 14.0. The van der Waals surface area contributed by atoms with Gasteiger partial charge in [-0.15, -0.1) is 0 Å². The maximum Gasteiger partial charge on any atom is 0.335 e. The minimum Gasteiger partial charge on any atom is -0.478 e. The van der Waals surface area contributed by atoms with E-state index in [1.807, 2.05) is 74.0 Å². The lowest BCUT2D eigenvalue weighted by atomic mass is 10.1. The van der Waals surface area contributed by atoms with Gasteiger partial charge in [0.25, 0.3) is 0 Å². The molecule has 1 aliphatic heterocycles. The van der Waals surface area contributed by atoms with E-state index in [2.05, 4.69) is 20.7 Å². The first kappa shape index (κ1) is 24.0. The smallest absolute Gasteiger partial charge is 0.335 e. The van der Waals surface area contributed by atoms with Crippen molar-refractivity contribution in [3.63, 3.8) is 0 Å². The minimum absolute atomic E-state index is 0.00590. The Morgan fingerprint density at radius 3 is 2.46 bits per heavy atom. The number of aromatic carboxylic acids is 1. The predicted molar refractivity (Wildman–Crippen MR) is 136 cm³/mol. The van der Waals surface area contributed by atoms with Crippen molar-refractivity contribution < 1.29 is 14.6 Å². The molecule has 180 valence electrons. The van der Waals surface area contributed by atoms with Crippen LogP contribution in [0.25, 0.3) is 11.1 Å². The van der Waals surface area contributed by atoms with E-state index in [1.165, 1.54) is 0 Å². The number of hydrogen-bond donors (Lipinski definition) is 3. The number of aryl methyl sites for hydroxylation is 1. The monoisotopic (exact) mass is 471 g/mol. The molecule has 0 saturated heterocycles. The maximum absolute atomic E-state index is 10.9. The van der Waals surface area contributed by atoms with Crippen molar-refractivity contribution >= 4 is 11.7 Å². The molecule has 0 fully saturated rings. The van der Waals surface area contributed by atoms with E-state index in [4.69, 9.17) is 9.84 Å². The van der Waals surface area contributed by atoms with Crippen molar-refractivity contribution in [2.24, 2.45) is 7.05 Å². The quantitative estimate of drug-likeness (QED) is 0.352. The number of nitrogens with one attached hydrogen (secondary N) is 2. The highest BCUT2D eigenvalue weighted by Gasteiger charge is 2.20. The molecule has 1 aliphatic rings. The topological polar surface area (TPSA) is 101 Å². The second-order valence-electron chi connectivity index (χ2n) is 8.21. The summed E-state index contributed by atoms with van der Waals surface area (Å²) in [6, 6.07) is 21.0. The zero-order valence-corrected chi connectivity index (χ0v) is 19.6. The van der Waals surface area contributed by atoms with Gasteiger partial charge in [-0.05, 0) is 36.7 Å². The Morgan fingerprint density at radius 1 is 1.11 bits per heavy atom. The number of anilines is 1. The summed E-state index contributed by atoms with van der Waals surface area (Å²) in [5.74, 6) is -0.294. The number of hydrogen-bond acceptors (Lipinski definition) is 6. The van der Waals surface area contributed by atoms with Crippen molar-refractivity contribution in [2.75, 3.05) is 25.0 Å². The number of fused-ring (bicyclic) bond motifs is 1. The molecule has 0 saturated carbocycles. The number of benzene rings is 2. The van der Waals surface area contributed by atoms with E-state index in [9.17, 15) is 4.79 Å². The van der Waals surface area contributed by atoms with Crippen LogP contribution in [0, 0.1) is 0 Å². The van der Waals surface area contributed by atoms with E-state index >= 15 is 0 Å². The molecule has 0 spiro atoms. The highest BCUT2D eigenvalue weighted by molar-refractivity contribution is 5.87. The molecule has 8 heteroatoms. The van der Waals surface area contributed by atoms with Crippen molar-refractivity contribution in [3.8, 4) is 17.0 Å². The van der Waals surface area contributed by atoms with Gasteiger partial charge in [0.1, 0.15) is 6.10 Å². The van der Waals surface area contributed by atoms with Gasteiger partial charge in [-0.3, -0.25) is 4.68 Å². The lowest BCUT2D eigenvalue weighted by Gasteiger charge is -2.27. The Kier molecular flexibility index (Phi) is 8.08. The largest absolute Gasteiger partial charge is 0.478 e. The van der Waals surface area contributed by atoms with Gasteiger partial charge < -0.3 is 20.5 Å². The Hall–Kier alpha value is -4.17. The lowest BCUT2D eigenvalue weighted by molar-refractivity contribution is 0.0697. The second kappa shape index (κ2) is 11.8. The predicted octanol–water partition coefficient (Wildman–Crippen LogP) is 3.87. The summed E-state index contributed by atoms with van der Waals surface area (Å²) in [4.78, 5) is 15.3. The Morgan fingerprint density at radius 2 is 1.83 bits per heavy atom. The van der Waals surface area contributed by atoms with E-state index in [0.717, 1.165) is 35.3 Å². The highest BCUT2D eigenvalue weighted by atomic mass is 16.5. The van der Waals surface area contributed by atoms with Gasteiger partial charge in [0.05, 0.1) is 24.0 Å². The Balaban J connectivity index is 0.000000421. The number of carbonyl (C=O) groups is 1. The van der Waals surface area contributed by atoms with E-state index in [1.54, 1.807) is 23.0 Å². The third kappa shape index (κ3) is 6.91. The number of pyridine rings is 1. The van der Waals surface area contributed by atoms with Crippen LogP contribution in [0.15, 0.2) is 85.3 Å². The third-order valence-corrected chi connectivity index (χ3v) is 5.52. The average Bonchev–Trinajstić information content (AvgIpc) is 3.34. The Labute approximate surface area is 204 Å². The molecule has 8 nitrogen and oxygen atoms in total. The second-order valence-corrected chi connectivity index (χ2v) is 8.21. The number of aromatic nitrogens is 3. The van der Waals surface area contributed by atoms with Crippen LogP contribution in [-0.4, -0.2) is 51.6 Å². The van der Waals surface area contributed by atoms with Crippen molar-refractivity contribution in [3.05, 3.63) is 96.4 Å². The van der Waals surface area contributed by atoms with E-state index in [0.29, 0.717) is 24.5 Å². The van der Waals surface area contributed by atoms with Gasteiger partial charge in [-0.1, -0.05) is 48.5 Å². The minimum atomic E-state index is -0.905. The maximum atomic E-state index is 10.9. The summed E-state index contributed by atoms with van der Waals surface area (Å²) < 4.78 is 7.76.